The zero-order valence-electron chi connectivity index (χ0n) is 42.0. The summed E-state index contributed by atoms with van der Waals surface area (Å²) in [5.41, 5.74) is 0. The fraction of sp³-hybridized carbons (Fsp3) is 0.923. The molecule has 1 rings (SSSR count). The quantitative estimate of drug-likeness (QED) is 0.0593. The fourth-order valence-corrected chi connectivity index (χ4v) is 9.11. The van der Waals surface area contributed by atoms with Gasteiger partial charge in [-0.3, -0.25) is 24.4 Å². The van der Waals surface area contributed by atoms with Gasteiger partial charge in [0.2, 0.25) is 5.91 Å². The molecule has 0 bridgehead atoms. The minimum atomic E-state index is -1.25. The van der Waals surface area contributed by atoms with E-state index in [4.69, 9.17) is 0 Å². The SMILES string of the molecule is CCCCCCCCCCCCCCCCCCN(CCCCCCCCCCCCCCCCCC)C(=O)CN1CCN(CC(=O)[O-])CCN(CC(=O)[O-])CCN(CC(=O)[O-])CC1.[Gd+3]. The molecule has 381 valence electrons. The molecule has 0 aromatic rings. The molecule has 0 saturated carbocycles. The first-order valence-electron chi connectivity index (χ1n) is 26.9. The average molecular weight is 1060 g/mol. The average Bonchev–Trinajstić information content (AvgIpc) is 3.25. The Morgan fingerprint density at radius 2 is 0.508 bits per heavy atom. The smallest absolute Gasteiger partial charge is 0.549 e. The van der Waals surface area contributed by atoms with Crippen LogP contribution in [0, 0.1) is 39.9 Å². The summed E-state index contributed by atoms with van der Waals surface area (Å²) in [5, 5.41) is 34.8. The molecule has 0 aromatic carbocycles. The van der Waals surface area contributed by atoms with E-state index in [1.165, 1.54) is 180 Å². The Balaban J connectivity index is 0.0000410. The minimum absolute atomic E-state index is 0. The van der Waals surface area contributed by atoms with Gasteiger partial charge in [0, 0.05) is 85.1 Å². The molecule has 0 spiro atoms. The van der Waals surface area contributed by atoms with E-state index in [1.54, 1.807) is 14.7 Å². The number of carbonyl (C=O) groups excluding carboxylic acids is 4. The summed E-state index contributed by atoms with van der Waals surface area (Å²) in [4.78, 5) is 58.0. The van der Waals surface area contributed by atoms with Crippen molar-refractivity contribution in [1.29, 1.82) is 0 Å². The van der Waals surface area contributed by atoms with Crippen LogP contribution in [0.4, 0.5) is 0 Å². The van der Waals surface area contributed by atoms with E-state index < -0.39 is 17.9 Å². The van der Waals surface area contributed by atoms with Gasteiger partial charge in [0.05, 0.1) is 24.5 Å². The number of carbonyl (C=O) groups is 4. The number of aliphatic carboxylic acids is 3. The Kier molecular flexibility index (Phi) is 46.1. The van der Waals surface area contributed by atoms with Crippen LogP contribution in [0.5, 0.6) is 0 Å². The van der Waals surface area contributed by atoms with Crippen LogP contribution in [0.25, 0.3) is 0 Å². The molecule has 0 N–H and O–H groups in total. The Labute approximate surface area is 430 Å². The summed E-state index contributed by atoms with van der Waals surface area (Å²) in [5.74, 6) is -3.62. The summed E-state index contributed by atoms with van der Waals surface area (Å²) in [6.45, 7) is 7.85. The summed E-state index contributed by atoms with van der Waals surface area (Å²) in [6, 6.07) is 0. The fourth-order valence-electron chi connectivity index (χ4n) is 9.11. The third-order valence-electron chi connectivity index (χ3n) is 13.3. The zero-order chi connectivity index (χ0) is 46.7. The first-order chi connectivity index (χ1) is 31.1. The van der Waals surface area contributed by atoms with E-state index in [0.29, 0.717) is 26.2 Å². The third-order valence-corrected chi connectivity index (χ3v) is 13.3. The normalized spacial score (nSPS) is 15.0. The molecule has 0 aliphatic carbocycles. The van der Waals surface area contributed by atoms with Crippen LogP contribution in [0.2, 0.25) is 0 Å². The van der Waals surface area contributed by atoms with Crippen molar-refractivity contribution in [2.45, 2.75) is 219 Å². The van der Waals surface area contributed by atoms with Crippen molar-refractivity contribution in [1.82, 2.24) is 24.5 Å². The maximum Gasteiger partial charge on any atom is 3.00 e. The third kappa shape index (κ3) is 41.7. The molecular weight excluding hydrogens is 964 g/mol. The van der Waals surface area contributed by atoms with Gasteiger partial charge in [-0.05, 0) is 12.8 Å². The second-order valence-electron chi connectivity index (χ2n) is 19.2. The van der Waals surface area contributed by atoms with Crippen molar-refractivity contribution in [3.63, 3.8) is 0 Å². The summed E-state index contributed by atoms with van der Waals surface area (Å²) in [6.07, 6.45) is 41.7. The van der Waals surface area contributed by atoms with Crippen LogP contribution in [0.3, 0.4) is 0 Å². The van der Waals surface area contributed by atoms with Gasteiger partial charge in [-0.1, -0.05) is 206 Å². The van der Waals surface area contributed by atoms with E-state index in [-0.39, 0.29) is 98.2 Å². The van der Waals surface area contributed by atoms with E-state index >= 15 is 0 Å². The Hall–Kier alpha value is -0.955. The summed E-state index contributed by atoms with van der Waals surface area (Å²) in [7, 11) is 0. The van der Waals surface area contributed by atoms with Gasteiger partial charge in [-0.2, -0.15) is 0 Å². The van der Waals surface area contributed by atoms with Crippen LogP contribution in [-0.4, -0.2) is 140 Å². The van der Waals surface area contributed by atoms with Crippen LogP contribution in [0.15, 0.2) is 0 Å². The second kappa shape index (κ2) is 46.8. The molecule has 13 heteroatoms. The van der Waals surface area contributed by atoms with Crippen molar-refractivity contribution < 1.29 is 74.4 Å². The maximum atomic E-state index is 14.1. The maximum absolute atomic E-state index is 14.1. The van der Waals surface area contributed by atoms with E-state index in [1.807, 2.05) is 9.80 Å². The van der Waals surface area contributed by atoms with Crippen LogP contribution < -0.4 is 15.3 Å². The largest absolute Gasteiger partial charge is 3.00 e. The minimum Gasteiger partial charge on any atom is -0.549 e. The van der Waals surface area contributed by atoms with Crippen LogP contribution >= 0.6 is 0 Å². The van der Waals surface area contributed by atoms with Crippen molar-refractivity contribution in [3.05, 3.63) is 0 Å². The van der Waals surface area contributed by atoms with Gasteiger partial charge in [0.15, 0.2) is 0 Å². The van der Waals surface area contributed by atoms with Gasteiger partial charge in [-0.15, -0.1) is 0 Å². The Bertz CT molecular complexity index is 1070. The summed E-state index contributed by atoms with van der Waals surface area (Å²) >= 11 is 0. The molecule has 1 fully saturated rings. The molecule has 1 heterocycles. The van der Waals surface area contributed by atoms with Gasteiger partial charge in [0.1, 0.15) is 0 Å². The number of carboxylic acids is 3. The van der Waals surface area contributed by atoms with Crippen LogP contribution in [0.1, 0.15) is 219 Å². The molecule has 1 aliphatic heterocycles. The van der Waals surface area contributed by atoms with Crippen molar-refractivity contribution >= 4 is 23.8 Å². The number of hydrogen-bond donors (Lipinski definition) is 0. The van der Waals surface area contributed by atoms with Gasteiger partial charge in [-0.25, -0.2) is 0 Å². The molecule has 1 saturated heterocycles. The van der Waals surface area contributed by atoms with Crippen molar-refractivity contribution in [3.8, 4) is 0 Å². The number of nitrogens with zero attached hydrogens (tertiary/aromatic N) is 5. The standard InChI is InChI=1S/C52H101N5O7.Gd/c1-3-5-7-9-11-13-15-17-19-21-23-25-27-29-31-33-35-57(36-34-32-30-28-26-24-22-20-18-16-14-12-10-8-6-4-2)49(58)45-53-37-39-54(46-50(59)60)41-43-56(48-52(63)64)44-42-55(40-38-53)47-51(61)62;/h3-48H2,1-2H3,(H,59,60)(H,61,62)(H,63,64);/q;+3/p-3. The van der Waals surface area contributed by atoms with E-state index in [2.05, 4.69) is 13.8 Å². The number of hydrogen-bond acceptors (Lipinski definition) is 11. The van der Waals surface area contributed by atoms with Crippen LogP contribution in [-0.2, 0) is 19.2 Å². The predicted octanol–water partition coefficient (Wildman–Crippen LogP) is 6.81. The Morgan fingerprint density at radius 1 is 0.323 bits per heavy atom. The van der Waals surface area contributed by atoms with Gasteiger partial charge >= 0.3 is 39.9 Å². The summed E-state index contributed by atoms with van der Waals surface area (Å²) < 4.78 is 0. The molecule has 1 aliphatic rings. The molecular formula is C52H98GdN5O7. The topological polar surface area (TPSA) is 154 Å². The van der Waals surface area contributed by atoms with Gasteiger partial charge < -0.3 is 34.6 Å². The number of carboxylic acid groups (broad SMARTS) is 3. The number of unbranched alkanes of at least 4 members (excludes halogenated alkanes) is 30. The zero-order valence-corrected chi connectivity index (χ0v) is 44.2. The van der Waals surface area contributed by atoms with E-state index in [9.17, 15) is 34.5 Å². The molecule has 12 nitrogen and oxygen atoms in total. The first kappa shape index (κ1) is 64.0. The first-order valence-corrected chi connectivity index (χ1v) is 26.9. The molecule has 0 aromatic heterocycles. The molecule has 0 unspecified atom stereocenters. The predicted molar refractivity (Wildman–Crippen MR) is 256 cm³/mol. The van der Waals surface area contributed by atoms with Gasteiger partial charge in [0.25, 0.3) is 0 Å². The molecule has 1 amide bonds. The molecule has 65 heavy (non-hydrogen) atoms. The molecule has 0 atom stereocenters. The second-order valence-corrected chi connectivity index (χ2v) is 19.2. The van der Waals surface area contributed by atoms with Crippen molar-refractivity contribution in [2.75, 3.05) is 91.6 Å². The Morgan fingerprint density at radius 3 is 0.708 bits per heavy atom. The van der Waals surface area contributed by atoms with Crippen molar-refractivity contribution in [2.24, 2.45) is 0 Å². The van der Waals surface area contributed by atoms with E-state index in [0.717, 1.165) is 38.8 Å². The molecule has 1 radical (unpaired) electrons. The number of rotatable bonds is 42. The monoisotopic (exact) mass is 1060 g/mol. The number of amides is 1.